The van der Waals surface area contributed by atoms with E-state index in [0.29, 0.717) is 4.83 Å². The van der Waals surface area contributed by atoms with Crippen LogP contribution in [0, 0.1) is 5.92 Å². The van der Waals surface area contributed by atoms with Crippen LogP contribution in [0.5, 0.6) is 0 Å². The Morgan fingerprint density at radius 1 is 1.16 bits per heavy atom. The molecule has 1 nitrogen and oxygen atoms in total. The summed E-state index contributed by atoms with van der Waals surface area (Å²) in [5.41, 5.74) is 2.79. The predicted molar refractivity (Wildman–Crippen MR) is 84.9 cm³/mol. The quantitative estimate of drug-likeness (QED) is 0.646. The van der Waals surface area contributed by atoms with E-state index in [1.54, 1.807) is 7.11 Å². The molecular formula is C17H25BrO. The lowest BCUT2D eigenvalue weighted by Crippen LogP contribution is -2.08. The maximum absolute atomic E-state index is 5.11. The van der Waals surface area contributed by atoms with Crippen molar-refractivity contribution >= 4 is 15.9 Å². The summed E-state index contributed by atoms with van der Waals surface area (Å²) in [5, 5.41) is 0. The Hall–Kier alpha value is -0.340. The van der Waals surface area contributed by atoms with Crippen LogP contribution < -0.4 is 0 Å². The molecule has 106 valence electrons. The zero-order valence-corrected chi connectivity index (χ0v) is 13.5. The first kappa shape index (κ1) is 15.1. The van der Waals surface area contributed by atoms with Crippen LogP contribution in [-0.4, -0.2) is 13.7 Å². The van der Waals surface area contributed by atoms with E-state index in [4.69, 9.17) is 4.74 Å². The largest absolute Gasteiger partial charge is 0.384 e. The van der Waals surface area contributed by atoms with Crippen molar-refractivity contribution in [3.05, 3.63) is 35.4 Å². The average molecular weight is 325 g/mol. The molecule has 0 aliphatic heterocycles. The Kier molecular flexibility index (Phi) is 6.39. The number of hydrogen-bond donors (Lipinski definition) is 0. The van der Waals surface area contributed by atoms with Gasteiger partial charge >= 0.3 is 0 Å². The minimum Gasteiger partial charge on any atom is -0.384 e. The monoisotopic (exact) mass is 324 g/mol. The fraction of sp³-hybridized carbons (Fsp3) is 0.647. The van der Waals surface area contributed by atoms with E-state index in [2.05, 4.69) is 40.2 Å². The third-order valence-corrected chi connectivity index (χ3v) is 5.10. The van der Waals surface area contributed by atoms with Gasteiger partial charge in [0, 0.05) is 11.9 Å². The normalized spacial score (nSPS) is 18.4. The van der Waals surface area contributed by atoms with Crippen LogP contribution >= 0.6 is 15.9 Å². The van der Waals surface area contributed by atoms with Crippen LogP contribution in [0.3, 0.4) is 0 Å². The van der Waals surface area contributed by atoms with E-state index < -0.39 is 0 Å². The Bertz CT molecular complexity index is 354. The fourth-order valence-electron chi connectivity index (χ4n) is 2.96. The highest BCUT2D eigenvalue weighted by Crippen LogP contribution is 2.36. The van der Waals surface area contributed by atoms with Gasteiger partial charge in [-0.25, -0.2) is 0 Å². The molecule has 19 heavy (non-hydrogen) atoms. The highest BCUT2D eigenvalue weighted by atomic mass is 79.9. The van der Waals surface area contributed by atoms with Gasteiger partial charge in [-0.2, -0.15) is 0 Å². The molecule has 1 aliphatic carbocycles. The lowest BCUT2D eigenvalue weighted by Gasteiger charge is -2.24. The van der Waals surface area contributed by atoms with E-state index in [9.17, 15) is 0 Å². The van der Waals surface area contributed by atoms with E-state index in [1.807, 2.05) is 0 Å². The van der Waals surface area contributed by atoms with Gasteiger partial charge in [-0.05, 0) is 29.9 Å². The van der Waals surface area contributed by atoms with Gasteiger partial charge in [0.25, 0.3) is 0 Å². The van der Waals surface area contributed by atoms with Crippen molar-refractivity contribution in [2.24, 2.45) is 5.92 Å². The molecule has 0 saturated heterocycles. The maximum Gasteiger partial charge on any atom is 0.0502 e. The minimum absolute atomic E-state index is 0.520. The Morgan fingerprint density at radius 3 is 2.47 bits per heavy atom. The van der Waals surface area contributed by atoms with Gasteiger partial charge < -0.3 is 4.74 Å². The Balaban J connectivity index is 1.85. The molecule has 1 fully saturated rings. The molecule has 0 heterocycles. The number of halogens is 1. The lowest BCUT2D eigenvalue weighted by molar-refractivity contribution is 0.202. The minimum atomic E-state index is 0.520. The zero-order valence-electron chi connectivity index (χ0n) is 11.9. The van der Waals surface area contributed by atoms with Crippen molar-refractivity contribution in [3.63, 3.8) is 0 Å². The molecular weight excluding hydrogens is 300 g/mol. The van der Waals surface area contributed by atoms with Crippen LogP contribution in [0.2, 0.25) is 0 Å². The molecule has 1 unspecified atom stereocenters. The van der Waals surface area contributed by atoms with Gasteiger partial charge in [-0.15, -0.1) is 0 Å². The number of hydrogen-bond acceptors (Lipinski definition) is 1. The van der Waals surface area contributed by atoms with Crippen LogP contribution in [0.25, 0.3) is 0 Å². The van der Waals surface area contributed by atoms with Crippen molar-refractivity contribution in [1.82, 2.24) is 0 Å². The maximum atomic E-state index is 5.11. The smallest absolute Gasteiger partial charge is 0.0502 e. The second-order valence-electron chi connectivity index (χ2n) is 5.69. The van der Waals surface area contributed by atoms with Crippen LogP contribution in [0.15, 0.2) is 24.3 Å². The highest BCUT2D eigenvalue weighted by Gasteiger charge is 2.18. The summed E-state index contributed by atoms with van der Waals surface area (Å²) in [6, 6.07) is 9.02. The summed E-state index contributed by atoms with van der Waals surface area (Å²) in [6.07, 6.45) is 9.45. The Labute approximate surface area is 125 Å². The van der Waals surface area contributed by atoms with Gasteiger partial charge in [0.1, 0.15) is 0 Å². The first-order chi connectivity index (χ1) is 9.29. The summed E-state index contributed by atoms with van der Waals surface area (Å²) >= 11 is 3.87. The highest BCUT2D eigenvalue weighted by molar-refractivity contribution is 9.09. The molecule has 1 atom stereocenters. The number of rotatable bonds is 6. The number of methoxy groups -OCH3 is 1. The molecule has 1 aromatic carbocycles. The van der Waals surface area contributed by atoms with Gasteiger partial charge in [0.2, 0.25) is 0 Å². The molecule has 2 heteroatoms. The summed E-state index contributed by atoms with van der Waals surface area (Å²) < 4.78 is 5.11. The molecule has 1 aromatic rings. The van der Waals surface area contributed by atoms with E-state index >= 15 is 0 Å². The standard InChI is InChI=1S/C17H25BrO/c1-19-12-11-14-7-9-16(10-8-14)17(18)13-15-5-3-2-4-6-15/h7-10,15,17H,2-6,11-13H2,1H3. The Morgan fingerprint density at radius 2 is 1.84 bits per heavy atom. The van der Waals surface area contributed by atoms with Gasteiger partial charge in [-0.3, -0.25) is 0 Å². The SMILES string of the molecule is COCCc1ccc(C(Br)CC2CCCCC2)cc1. The summed E-state index contributed by atoms with van der Waals surface area (Å²) in [5.74, 6) is 0.922. The third-order valence-electron chi connectivity index (χ3n) is 4.20. The lowest BCUT2D eigenvalue weighted by atomic mass is 9.85. The van der Waals surface area contributed by atoms with Crippen LogP contribution in [-0.2, 0) is 11.2 Å². The molecule has 0 aromatic heterocycles. The number of ether oxygens (including phenoxy) is 1. The molecule has 0 amide bonds. The summed E-state index contributed by atoms with van der Waals surface area (Å²) in [6.45, 7) is 0.805. The van der Waals surface area contributed by atoms with Crippen molar-refractivity contribution in [3.8, 4) is 0 Å². The van der Waals surface area contributed by atoms with E-state index in [0.717, 1.165) is 18.9 Å². The molecule has 0 radical (unpaired) electrons. The van der Waals surface area contributed by atoms with Crippen molar-refractivity contribution in [1.29, 1.82) is 0 Å². The molecule has 0 bridgehead atoms. The second kappa shape index (κ2) is 8.06. The average Bonchev–Trinajstić information content (AvgIpc) is 2.46. The molecule has 1 aliphatic rings. The van der Waals surface area contributed by atoms with E-state index in [-0.39, 0.29) is 0 Å². The number of benzene rings is 1. The molecule has 2 rings (SSSR count). The van der Waals surface area contributed by atoms with Crippen LogP contribution in [0.1, 0.15) is 54.5 Å². The van der Waals surface area contributed by atoms with Gasteiger partial charge in [-0.1, -0.05) is 72.3 Å². The van der Waals surface area contributed by atoms with Gasteiger partial charge in [0.05, 0.1) is 6.61 Å². The second-order valence-corrected chi connectivity index (χ2v) is 6.80. The predicted octanol–water partition coefficient (Wildman–Crippen LogP) is 5.28. The third kappa shape index (κ3) is 4.92. The summed E-state index contributed by atoms with van der Waals surface area (Å²) in [7, 11) is 1.76. The first-order valence-electron chi connectivity index (χ1n) is 7.51. The molecule has 1 saturated carbocycles. The number of alkyl halides is 1. The van der Waals surface area contributed by atoms with Crippen LogP contribution in [0.4, 0.5) is 0 Å². The van der Waals surface area contributed by atoms with Gasteiger partial charge in [0.15, 0.2) is 0 Å². The fourth-order valence-corrected chi connectivity index (χ4v) is 3.80. The molecule has 0 spiro atoms. The summed E-state index contributed by atoms with van der Waals surface area (Å²) in [4.78, 5) is 0.520. The first-order valence-corrected chi connectivity index (χ1v) is 8.43. The molecule has 0 N–H and O–H groups in total. The zero-order chi connectivity index (χ0) is 13.5. The van der Waals surface area contributed by atoms with Crippen molar-refractivity contribution < 1.29 is 4.74 Å². The van der Waals surface area contributed by atoms with Crippen molar-refractivity contribution in [2.75, 3.05) is 13.7 Å². The topological polar surface area (TPSA) is 9.23 Å². The van der Waals surface area contributed by atoms with E-state index in [1.165, 1.54) is 49.7 Å². The van der Waals surface area contributed by atoms with Crippen molar-refractivity contribution in [2.45, 2.75) is 49.8 Å².